The second-order valence-electron chi connectivity index (χ2n) is 6.01. The third-order valence-electron chi connectivity index (χ3n) is 4.19. The molecule has 8 bridgehead atoms. The van der Waals surface area contributed by atoms with E-state index in [1.165, 1.54) is 0 Å². The molecule has 5 heteroatoms. The Balaban J connectivity index is 1.88. The number of fused-ring (bicyclic) bond motifs is 8. The highest BCUT2D eigenvalue weighted by Gasteiger charge is 2.01. The van der Waals surface area contributed by atoms with Crippen molar-refractivity contribution in [1.29, 1.82) is 0 Å². The molecule has 120 valence electrons. The van der Waals surface area contributed by atoms with Gasteiger partial charge in [0.25, 0.3) is 0 Å². The van der Waals surface area contributed by atoms with E-state index in [1.54, 1.807) is 24.3 Å². The molecule has 5 nitrogen and oxygen atoms in total. The highest BCUT2D eigenvalue weighted by Crippen LogP contribution is 2.18. The minimum absolute atomic E-state index is 0.559. The number of aromatic nitrogens is 4. The third-order valence-corrected chi connectivity index (χ3v) is 4.19. The first-order valence-electron chi connectivity index (χ1n) is 7.98. The molecule has 0 radical (unpaired) electrons. The van der Waals surface area contributed by atoms with Crippen molar-refractivity contribution in [3.63, 3.8) is 0 Å². The van der Waals surface area contributed by atoms with Gasteiger partial charge < -0.3 is 14.9 Å². The van der Waals surface area contributed by atoms with Crippen LogP contribution in [0.4, 0.5) is 0 Å². The number of nitrogens with one attached hydrogen (secondary N) is 1. The number of nitrogens with zero attached hydrogens (tertiary/aromatic N) is 3. The van der Waals surface area contributed by atoms with E-state index in [1.807, 2.05) is 48.6 Å². The largest absolute Gasteiger partial charge is 0.805 e. The Bertz CT molecular complexity index is 1120. The standard InChI is InChI=1S/C20H13N4O/c25-24-19-7-8-20(24)12-18-6-4-16(23-18)10-14-2-1-13(21-14)9-15-3-5-17(11-19)22-15/h1-12,21H/q-1. The molecule has 2 aliphatic heterocycles. The number of hydrogen-bond acceptors (Lipinski definition) is 3. The van der Waals surface area contributed by atoms with Crippen LogP contribution in [0, 0.1) is 5.21 Å². The van der Waals surface area contributed by atoms with Gasteiger partial charge >= 0.3 is 0 Å². The summed E-state index contributed by atoms with van der Waals surface area (Å²) in [4.78, 5) is 12.4. The van der Waals surface area contributed by atoms with Crippen LogP contribution in [0.1, 0.15) is 22.8 Å². The molecule has 0 amide bonds. The van der Waals surface area contributed by atoms with E-state index in [2.05, 4.69) is 15.0 Å². The van der Waals surface area contributed by atoms with Crippen LogP contribution in [-0.2, 0) is 0 Å². The van der Waals surface area contributed by atoms with Crippen molar-refractivity contribution >= 4 is 46.4 Å². The summed E-state index contributed by atoms with van der Waals surface area (Å²) < 4.78 is 0.901. The monoisotopic (exact) mass is 325 g/mol. The normalized spacial score (nSPS) is 12.6. The Morgan fingerprint density at radius 3 is 1.56 bits per heavy atom. The molecule has 5 rings (SSSR count). The lowest BCUT2D eigenvalue weighted by molar-refractivity contribution is 1.20. The van der Waals surface area contributed by atoms with Crippen molar-refractivity contribution in [2.75, 3.05) is 0 Å². The fourth-order valence-corrected chi connectivity index (χ4v) is 3.00. The first-order valence-corrected chi connectivity index (χ1v) is 7.98. The van der Waals surface area contributed by atoms with Gasteiger partial charge in [-0.1, -0.05) is 0 Å². The SMILES string of the molecule is [O-]n1c2ccc1cc1nc(cc3ccc(cc4nc(c2)C=C4)[nH]3)C=C1. The predicted octanol–water partition coefficient (Wildman–Crippen LogP) is 4.47. The van der Waals surface area contributed by atoms with Crippen LogP contribution < -0.4 is 0 Å². The van der Waals surface area contributed by atoms with Crippen LogP contribution in [0.2, 0.25) is 0 Å². The Labute approximate surface area is 143 Å². The van der Waals surface area contributed by atoms with Gasteiger partial charge in [-0.15, -0.1) is 0 Å². The molecule has 0 spiro atoms. The molecule has 3 aromatic heterocycles. The number of H-pyrrole nitrogens is 1. The molecule has 0 saturated carbocycles. The second kappa shape index (κ2) is 5.21. The van der Waals surface area contributed by atoms with Crippen molar-refractivity contribution in [3.8, 4) is 0 Å². The van der Waals surface area contributed by atoms with E-state index >= 15 is 0 Å². The highest BCUT2D eigenvalue weighted by atomic mass is 16.5. The Hall–Kier alpha value is -3.60. The topological polar surface area (TPSA) is 69.6 Å². The highest BCUT2D eigenvalue weighted by molar-refractivity contribution is 5.77. The third kappa shape index (κ3) is 2.52. The van der Waals surface area contributed by atoms with E-state index in [9.17, 15) is 5.21 Å². The van der Waals surface area contributed by atoms with Crippen LogP contribution in [0.15, 0.2) is 48.5 Å². The van der Waals surface area contributed by atoms with Gasteiger partial charge in [0.05, 0.1) is 22.8 Å². The van der Waals surface area contributed by atoms with Gasteiger partial charge in [0, 0.05) is 22.1 Å². The zero-order chi connectivity index (χ0) is 16.8. The summed E-state index contributed by atoms with van der Waals surface area (Å²) in [5.41, 5.74) is 6.26. The van der Waals surface area contributed by atoms with E-state index in [-0.39, 0.29) is 0 Å². The lowest BCUT2D eigenvalue weighted by Crippen LogP contribution is -1.84. The Morgan fingerprint density at radius 2 is 1.08 bits per heavy atom. The maximum absolute atomic E-state index is 12.5. The molecule has 0 atom stereocenters. The average molecular weight is 325 g/mol. The van der Waals surface area contributed by atoms with Gasteiger partial charge in [0.1, 0.15) is 0 Å². The maximum atomic E-state index is 12.5. The molecule has 5 heterocycles. The summed E-state index contributed by atoms with van der Waals surface area (Å²) in [6.07, 6.45) is 7.68. The van der Waals surface area contributed by atoms with Crippen molar-refractivity contribution in [2.45, 2.75) is 0 Å². The first-order chi connectivity index (χ1) is 12.2. The van der Waals surface area contributed by atoms with E-state index in [0.717, 1.165) is 38.5 Å². The average Bonchev–Trinajstić information content (AvgIpc) is 3.36. The lowest BCUT2D eigenvalue weighted by atomic mass is 10.3. The van der Waals surface area contributed by atoms with Crippen LogP contribution in [0.3, 0.4) is 0 Å². The molecule has 2 aliphatic rings. The zero-order valence-electron chi connectivity index (χ0n) is 13.2. The molecule has 0 fully saturated rings. The number of hydrogen-bond donors (Lipinski definition) is 1. The van der Waals surface area contributed by atoms with Crippen molar-refractivity contribution in [1.82, 2.24) is 19.7 Å². The van der Waals surface area contributed by atoms with E-state index in [0.29, 0.717) is 11.0 Å². The fourth-order valence-electron chi connectivity index (χ4n) is 3.00. The minimum Gasteiger partial charge on any atom is -0.805 e. The van der Waals surface area contributed by atoms with Crippen LogP contribution in [0.5, 0.6) is 0 Å². The fraction of sp³-hybridized carbons (Fsp3) is 0. The molecule has 0 saturated heterocycles. The van der Waals surface area contributed by atoms with E-state index < -0.39 is 0 Å². The molecule has 1 N–H and O–H groups in total. The predicted molar refractivity (Wildman–Crippen MR) is 101 cm³/mol. The van der Waals surface area contributed by atoms with E-state index in [4.69, 9.17) is 0 Å². The lowest BCUT2D eigenvalue weighted by Gasteiger charge is -2.08. The molecule has 0 unspecified atom stereocenters. The van der Waals surface area contributed by atoms with Gasteiger partial charge in [-0.05, 0) is 72.8 Å². The van der Waals surface area contributed by atoms with Gasteiger partial charge in [0.2, 0.25) is 0 Å². The minimum atomic E-state index is 0.559. The van der Waals surface area contributed by atoms with Crippen molar-refractivity contribution in [2.24, 2.45) is 0 Å². The maximum Gasteiger partial charge on any atom is 0.0658 e. The first kappa shape index (κ1) is 13.8. The van der Waals surface area contributed by atoms with Crippen LogP contribution in [-0.4, -0.2) is 19.7 Å². The Kier molecular flexibility index (Phi) is 2.87. The quantitative estimate of drug-likeness (QED) is 0.456. The molecule has 0 aliphatic carbocycles. The molecule has 3 aromatic rings. The van der Waals surface area contributed by atoms with Crippen LogP contribution in [0.25, 0.3) is 46.4 Å². The van der Waals surface area contributed by atoms with Crippen molar-refractivity contribution < 1.29 is 0 Å². The van der Waals surface area contributed by atoms with Gasteiger partial charge in [0.15, 0.2) is 0 Å². The van der Waals surface area contributed by atoms with Gasteiger partial charge in [-0.2, -0.15) is 0 Å². The summed E-state index contributed by atoms with van der Waals surface area (Å²) in [6.45, 7) is 0. The summed E-state index contributed by atoms with van der Waals surface area (Å²) in [6, 6.07) is 15.1. The van der Waals surface area contributed by atoms with Gasteiger partial charge in [-0.3, -0.25) is 0 Å². The number of aromatic amines is 1. The molecule has 25 heavy (non-hydrogen) atoms. The molecule has 0 aromatic carbocycles. The summed E-state index contributed by atoms with van der Waals surface area (Å²) in [5, 5.41) is 12.5. The second-order valence-corrected chi connectivity index (χ2v) is 6.01. The zero-order valence-corrected chi connectivity index (χ0v) is 13.2. The van der Waals surface area contributed by atoms with Crippen LogP contribution >= 0.6 is 0 Å². The number of rotatable bonds is 0. The summed E-state index contributed by atoms with van der Waals surface area (Å²) in [5.74, 6) is 0. The smallest absolute Gasteiger partial charge is 0.0658 e. The molecular formula is C20H13N4O-. The summed E-state index contributed by atoms with van der Waals surface area (Å²) >= 11 is 0. The Morgan fingerprint density at radius 1 is 0.640 bits per heavy atom. The van der Waals surface area contributed by atoms with Gasteiger partial charge in [-0.25, -0.2) is 9.97 Å². The molecular weight excluding hydrogens is 312 g/mol. The summed E-state index contributed by atoms with van der Waals surface area (Å²) in [7, 11) is 0. The van der Waals surface area contributed by atoms with Crippen molar-refractivity contribution in [3.05, 3.63) is 76.5 Å².